The molecule has 0 aromatic heterocycles. The highest BCUT2D eigenvalue weighted by atomic mass is 32.2. The van der Waals surface area contributed by atoms with Gasteiger partial charge in [0.1, 0.15) is 0 Å². The summed E-state index contributed by atoms with van der Waals surface area (Å²) in [4.78, 5) is 10.1. The molecule has 0 bridgehead atoms. The van der Waals surface area contributed by atoms with E-state index in [2.05, 4.69) is 4.72 Å². The van der Waals surface area contributed by atoms with Crippen LogP contribution in [-0.4, -0.2) is 34.2 Å². The predicted octanol–water partition coefficient (Wildman–Crippen LogP) is 2.81. The Morgan fingerprint density at radius 3 is 2.27 bits per heavy atom. The first-order valence-corrected chi connectivity index (χ1v) is 8.96. The van der Waals surface area contributed by atoms with Crippen molar-refractivity contribution in [3.8, 4) is 17.2 Å². The summed E-state index contributed by atoms with van der Waals surface area (Å²) in [6.45, 7) is 2.24. The average molecular weight is 382 g/mol. The number of methoxy groups -OCH3 is 2. The summed E-state index contributed by atoms with van der Waals surface area (Å²) in [5.41, 5.74) is -0.219. The van der Waals surface area contributed by atoms with Gasteiger partial charge in [0, 0.05) is 12.1 Å². The fourth-order valence-corrected chi connectivity index (χ4v) is 3.27. The van der Waals surface area contributed by atoms with Crippen LogP contribution in [-0.2, 0) is 10.0 Å². The van der Waals surface area contributed by atoms with Gasteiger partial charge in [-0.15, -0.1) is 0 Å². The fourth-order valence-electron chi connectivity index (χ4n) is 2.20. The Bertz CT molecular complexity index is 913. The Labute approximate surface area is 150 Å². The number of hydrogen-bond acceptors (Lipinski definition) is 7. The average Bonchev–Trinajstić information content (AvgIpc) is 2.62. The molecule has 0 spiro atoms. The molecule has 2 rings (SSSR count). The Morgan fingerprint density at radius 1 is 1.04 bits per heavy atom. The number of nitro benzene ring substituents is 1. The van der Waals surface area contributed by atoms with Crippen molar-refractivity contribution >= 4 is 21.4 Å². The van der Waals surface area contributed by atoms with E-state index in [9.17, 15) is 18.5 Å². The molecule has 2 aromatic carbocycles. The lowest BCUT2D eigenvalue weighted by molar-refractivity contribution is -0.386. The number of nitro groups is 1. The molecule has 0 fully saturated rings. The molecule has 0 unspecified atom stereocenters. The molecule has 9 nitrogen and oxygen atoms in total. The lowest BCUT2D eigenvalue weighted by atomic mass is 10.3. The zero-order valence-corrected chi connectivity index (χ0v) is 15.2. The highest BCUT2D eigenvalue weighted by molar-refractivity contribution is 7.92. The predicted molar refractivity (Wildman–Crippen MR) is 94.6 cm³/mol. The van der Waals surface area contributed by atoms with Crippen molar-refractivity contribution in [3.05, 3.63) is 46.5 Å². The number of ether oxygens (including phenoxy) is 3. The molecule has 0 atom stereocenters. The second kappa shape index (κ2) is 7.91. The van der Waals surface area contributed by atoms with Crippen LogP contribution in [0.4, 0.5) is 11.4 Å². The number of sulfonamides is 1. The minimum absolute atomic E-state index is 0.0308. The maximum absolute atomic E-state index is 12.5. The Balaban J connectivity index is 2.37. The molecule has 0 aliphatic heterocycles. The lowest BCUT2D eigenvalue weighted by Gasteiger charge is -2.13. The molecule has 0 saturated heterocycles. The first-order valence-electron chi connectivity index (χ1n) is 7.48. The van der Waals surface area contributed by atoms with E-state index in [1.807, 2.05) is 6.92 Å². The van der Waals surface area contributed by atoms with E-state index >= 15 is 0 Å². The van der Waals surface area contributed by atoms with Crippen LogP contribution >= 0.6 is 0 Å². The monoisotopic (exact) mass is 382 g/mol. The van der Waals surface area contributed by atoms with Crippen molar-refractivity contribution in [2.75, 3.05) is 25.5 Å². The van der Waals surface area contributed by atoms with Gasteiger partial charge in [-0.2, -0.15) is 0 Å². The van der Waals surface area contributed by atoms with E-state index in [1.54, 1.807) is 6.07 Å². The maximum Gasteiger partial charge on any atom is 0.312 e. The molecule has 0 heterocycles. The van der Waals surface area contributed by atoms with Crippen molar-refractivity contribution in [3.63, 3.8) is 0 Å². The van der Waals surface area contributed by atoms with Crippen molar-refractivity contribution in [1.29, 1.82) is 0 Å². The van der Waals surface area contributed by atoms with Gasteiger partial charge in [-0.25, -0.2) is 8.42 Å². The second-order valence-electron chi connectivity index (χ2n) is 4.99. The van der Waals surface area contributed by atoms with Crippen LogP contribution in [0.25, 0.3) is 0 Å². The van der Waals surface area contributed by atoms with Gasteiger partial charge in [-0.05, 0) is 31.2 Å². The standard InChI is InChI=1S/C16H18N2O7S/c1-4-25-15-7-5-11(9-16(15)24-3)17-26(21,22)12-6-8-14(23-2)13(10-12)18(19)20/h5-10,17H,4H2,1-3H3. The third-order valence-corrected chi connectivity index (χ3v) is 4.75. The van der Waals surface area contributed by atoms with Crippen LogP contribution in [0, 0.1) is 10.1 Å². The summed E-state index contributed by atoms with van der Waals surface area (Å²) >= 11 is 0. The first-order chi connectivity index (χ1) is 12.3. The molecule has 0 amide bonds. The fraction of sp³-hybridized carbons (Fsp3) is 0.250. The number of nitrogens with zero attached hydrogens (tertiary/aromatic N) is 1. The van der Waals surface area contributed by atoms with E-state index < -0.39 is 20.6 Å². The highest BCUT2D eigenvalue weighted by Crippen LogP contribution is 2.33. The van der Waals surface area contributed by atoms with Gasteiger partial charge in [0.15, 0.2) is 17.2 Å². The Kier molecular flexibility index (Phi) is 5.88. The number of hydrogen-bond donors (Lipinski definition) is 1. The zero-order valence-electron chi connectivity index (χ0n) is 14.4. The summed E-state index contributed by atoms with van der Waals surface area (Å²) in [5.74, 6) is 0.794. The minimum atomic E-state index is -4.05. The summed E-state index contributed by atoms with van der Waals surface area (Å²) in [6, 6.07) is 7.92. The Morgan fingerprint density at radius 2 is 1.69 bits per heavy atom. The topological polar surface area (TPSA) is 117 Å². The maximum atomic E-state index is 12.5. The second-order valence-corrected chi connectivity index (χ2v) is 6.68. The minimum Gasteiger partial charge on any atom is -0.493 e. The van der Waals surface area contributed by atoms with E-state index in [0.717, 1.165) is 6.07 Å². The van der Waals surface area contributed by atoms with Gasteiger partial charge in [0.2, 0.25) is 0 Å². The van der Waals surface area contributed by atoms with Crippen LogP contribution in [0.3, 0.4) is 0 Å². The summed E-state index contributed by atoms with van der Waals surface area (Å²) in [5, 5.41) is 11.1. The Hall–Kier alpha value is -3.01. The lowest BCUT2D eigenvalue weighted by Crippen LogP contribution is -2.13. The van der Waals surface area contributed by atoms with E-state index in [-0.39, 0.29) is 16.3 Å². The molecule has 0 aliphatic rings. The molecule has 26 heavy (non-hydrogen) atoms. The van der Waals surface area contributed by atoms with Gasteiger partial charge in [0.05, 0.1) is 36.3 Å². The van der Waals surface area contributed by atoms with Crippen molar-refractivity contribution in [2.45, 2.75) is 11.8 Å². The van der Waals surface area contributed by atoms with Crippen LogP contribution in [0.15, 0.2) is 41.3 Å². The van der Waals surface area contributed by atoms with Crippen LogP contribution in [0.5, 0.6) is 17.2 Å². The summed E-state index contributed by atoms with van der Waals surface area (Å²) in [6.07, 6.45) is 0. The summed E-state index contributed by atoms with van der Waals surface area (Å²) < 4.78 is 42.9. The first kappa shape index (κ1) is 19.3. The van der Waals surface area contributed by atoms with Gasteiger partial charge >= 0.3 is 5.69 Å². The van der Waals surface area contributed by atoms with Gasteiger partial charge in [0.25, 0.3) is 10.0 Å². The molecule has 140 valence electrons. The number of nitrogens with one attached hydrogen (secondary N) is 1. The van der Waals surface area contributed by atoms with Gasteiger partial charge in [-0.3, -0.25) is 14.8 Å². The zero-order chi connectivity index (χ0) is 19.3. The van der Waals surface area contributed by atoms with Gasteiger partial charge < -0.3 is 14.2 Å². The van der Waals surface area contributed by atoms with Crippen molar-refractivity contribution < 1.29 is 27.6 Å². The van der Waals surface area contributed by atoms with Crippen LogP contribution in [0.1, 0.15) is 6.92 Å². The van der Waals surface area contributed by atoms with Crippen LogP contribution in [0.2, 0.25) is 0 Å². The number of rotatable bonds is 8. The van der Waals surface area contributed by atoms with Crippen molar-refractivity contribution in [1.82, 2.24) is 0 Å². The number of anilines is 1. The molecule has 0 radical (unpaired) electrons. The van der Waals surface area contributed by atoms with E-state index in [4.69, 9.17) is 14.2 Å². The van der Waals surface area contributed by atoms with Crippen molar-refractivity contribution in [2.24, 2.45) is 0 Å². The molecule has 0 aliphatic carbocycles. The third-order valence-electron chi connectivity index (χ3n) is 3.37. The molecular formula is C16H18N2O7S. The smallest absolute Gasteiger partial charge is 0.312 e. The van der Waals surface area contributed by atoms with Crippen LogP contribution < -0.4 is 18.9 Å². The molecule has 2 aromatic rings. The third kappa shape index (κ3) is 4.14. The number of benzene rings is 2. The van der Waals surface area contributed by atoms with E-state index in [0.29, 0.717) is 18.1 Å². The SMILES string of the molecule is CCOc1ccc(NS(=O)(=O)c2ccc(OC)c([N+](=O)[O-])c2)cc1OC. The van der Waals surface area contributed by atoms with Gasteiger partial charge in [-0.1, -0.05) is 0 Å². The largest absolute Gasteiger partial charge is 0.493 e. The summed E-state index contributed by atoms with van der Waals surface area (Å²) in [7, 11) is -1.35. The normalized spacial score (nSPS) is 10.9. The molecule has 1 N–H and O–H groups in total. The highest BCUT2D eigenvalue weighted by Gasteiger charge is 2.22. The van der Waals surface area contributed by atoms with E-state index in [1.165, 1.54) is 38.5 Å². The molecule has 0 saturated carbocycles. The molecular weight excluding hydrogens is 364 g/mol. The quantitative estimate of drug-likeness (QED) is 0.551. The molecule has 10 heteroatoms.